The van der Waals surface area contributed by atoms with Gasteiger partial charge < -0.3 is 15.0 Å². The van der Waals surface area contributed by atoms with Gasteiger partial charge in [-0.15, -0.1) is 5.06 Å². The Hall–Kier alpha value is -1.13. The van der Waals surface area contributed by atoms with E-state index in [2.05, 4.69) is 20.8 Å². The molecular formula is C15H23ClN2O2. The minimum atomic E-state index is -0.100. The molecule has 0 amide bonds. The van der Waals surface area contributed by atoms with Crippen LogP contribution in [-0.2, 0) is 4.84 Å². The zero-order valence-electron chi connectivity index (χ0n) is 12.3. The second kappa shape index (κ2) is 6.55. The Labute approximate surface area is 125 Å². The fraction of sp³-hybridized carbons (Fsp3) is 0.600. The maximum absolute atomic E-state index is 5.84. The summed E-state index contributed by atoms with van der Waals surface area (Å²) in [5.74, 6) is 1.90. The van der Waals surface area contributed by atoms with Crippen LogP contribution in [0.15, 0.2) is 28.5 Å². The molecule has 0 fully saturated rings. The Morgan fingerprint density at radius 3 is 2.65 bits per heavy atom. The second-order valence-corrected chi connectivity index (χ2v) is 6.15. The third-order valence-corrected chi connectivity index (χ3v) is 3.73. The molecular weight excluding hydrogens is 276 g/mol. The molecule has 112 valence electrons. The minimum absolute atomic E-state index is 0.100. The first-order chi connectivity index (χ1) is 9.47. The second-order valence-electron chi connectivity index (χ2n) is 5.78. The Morgan fingerprint density at radius 2 is 2.05 bits per heavy atom. The van der Waals surface area contributed by atoms with E-state index >= 15 is 0 Å². The van der Waals surface area contributed by atoms with Gasteiger partial charge in [-0.3, -0.25) is 0 Å². The average Bonchev–Trinajstić information content (AvgIpc) is 2.94. The summed E-state index contributed by atoms with van der Waals surface area (Å²) < 4.78 is 5.48. The molecule has 5 heteroatoms. The quantitative estimate of drug-likeness (QED) is 0.853. The van der Waals surface area contributed by atoms with Crippen LogP contribution < -0.4 is 5.73 Å². The Morgan fingerprint density at radius 1 is 1.30 bits per heavy atom. The molecule has 0 saturated heterocycles. The van der Waals surface area contributed by atoms with Crippen molar-refractivity contribution in [2.75, 3.05) is 0 Å². The standard InChI is InChI=1S/C15H23ClN2O2/c1-10(2)5-4-6-11(3)18-12(9-15(17)20-18)13-7-8-14(16)19-13/h7-12H,4-6,17H2,1-3H3. The molecule has 2 heterocycles. The summed E-state index contributed by atoms with van der Waals surface area (Å²) >= 11 is 5.84. The summed E-state index contributed by atoms with van der Waals surface area (Å²) in [5.41, 5.74) is 5.80. The van der Waals surface area contributed by atoms with Gasteiger partial charge in [0.2, 0.25) is 5.88 Å². The van der Waals surface area contributed by atoms with E-state index in [-0.39, 0.29) is 12.1 Å². The first-order valence-electron chi connectivity index (χ1n) is 7.16. The van der Waals surface area contributed by atoms with Crippen molar-refractivity contribution in [1.82, 2.24) is 5.06 Å². The Kier molecular flexibility index (Phi) is 5.00. The third-order valence-electron chi connectivity index (χ3n) is 3.53. The van der Waals surface area contributed by atoms with Gasteiger partial charge in [-0.2, -0.15) is 0 Å². The predicted molar refractivity (Wildman–Crippen MR) is 79.8 cm³/mol. The van der Waals surface area contributed by atoms with Crippen LogP contribution in [0.2, 0.25) is 5.22 Å². The summed E-state index contributed by atoms with van der Waals surface area (Å²) in [7, 11) is 0. The SMILES string of the molecule is CC(C)CCCC(C)N1OC(N)=CC1c1ccc(Cl)o1. The summed E-state index contributed by atoms with van der Waals surface area (Å²) in [6.45, 7) is 6.62. The highest BCUT2D eigenvalue weighted by Crippen LogP contribution is 2.34. The average molecular weight is 299 g/mol. The molecule has 1 aromatic heterocycles. The fourth-order valence-corrected chi connectivity index (χ4v) is 2.60. The molecule has 0 radical (unpaired) electrons. The molecule has 1 aliphatic rings. The topological polar surface area (TPSA) is 51.6 Å². The number of nitrogens with zero attached hydrogens (tertiary/aromatic N) is 1. The van der Waals surface area contributed by atoms with E-state index in [0.717, 1.165) is 18.1 Å². The normalized spacial score (nSPS) is 21.1. The van der Waals surface area contributed by atoms with Crippen molar-refractivity contribution in [3.8, 4) is 0 Å². The van der Waals surface area contributed by atoms with Crippen molar-refractivity contribution in [3.05, 3.63) is 35.1 Å². The van der Waals surface area contributed by atoms with E-state index in [1.165, 1.54) is 12.8 Å². The van der Waals surface area contributed by atoms with E-state index < -0.39 is 0 Å². The van der Waals surface area contributed by atoms with Gasteiger partial charge in [-0.25, -0.2) is 0 Å². The molecule has 0 aromatic carbocycles. The van der Waals surface area contributed by atoms with Gasteiger partial charge in [0, 0.05) is 12.1 Å². The van der Waals surface area contributed by atoms with Gasteiger partial charge in [0.1, 0.15) is 11.8 Å². The number of halogens is 1. The van der Waals surface area contributed by atoms with Crippen LogP contribution >= 0.6 is 11.6 Å². The maximum atomic E-state index is 5.84. The van der Waals surface area contributed by atoms with Crippen LogP contribution in [0.3, 0.4) is 0 Å². The summed E-state index contributed by atoms with van der Waals surface area (Å²) in [6.07, 6.45) is 5.31. The van der Waals surface area contributed by atoms with E-state index in [4.69, 9.17) is 26.6 Å². The lowest BCUT2D eigenvalue weighted by Gasteiger charge is -2.27. The lowest BCUT2D eigenvalue weighted by atomic mass is 10.0. The molecule has 4 nitrogen and oxygen atoms in total. The monoisotopic (exact) mass is 298 g/mol. The number of nitrogens with two attached hydrogens (primary N) is 1. The highest BCUT2D eigenvalue weighted by molar-refractivity contribution is 6.28. The van der Waals surface area contributed by atoms with Gasteiger partial charge in [0.15, 0.2) is 5.22 Å². The minimum Gasteiger partial charge on any atom is -0.448 e. The summed E-state index contributed by atoms with van der Waals surface area (Å²) in [4.78, 5) is 5.63. The van der Waals surface area contributed by atoms with Crippen molar-refractivity contribution in [2.45, 2.75) is 52.1 Å². The van der Waals surface area contributed by atoms with Crippen LogP contribution in [0, 0.1) is 5.92 Å². The van der Waals surface area contributed by atoms with Crippen molar-refractivity contribution < 1.29 is 9.25 Å². The molecule has 0 saturated carbocycles. The van der Waals surface area contributed by atoms with Crippen LogP contribution in [0.25, 0.3) is 0 Å². The maximum Gasteiger partial charge on any atom is 0.207 e. The molecule has 2 unspecified atom stereocenters. The van der Waals surface area contributed by atoms with Gasteiger partial charge in [0.05, 0.1) is 0 Å². The predicted octanol–water partition coefficient (Wildman–Crippen LogP) is 4.24. The number of furan rings is 1. The highest BCUT2D eigenvalue weighted by atomic mass is 35.5. The zero-order chi connectivity index (χ0) is 14.7. The number of rotatable bonds is 6. The summed E-state index contributed by atoms with van der Waals surface area (Å²) in [5, 5.41) is 2.27. The third kappa shape index (κ3) is 3.70. The number of hydrogen-bond donors (Lipinski definition) is 1. The van der Waals surface area contributed by atoms with E-state index in [9.17, 15) is 0 Å². The van der Waals surface area contributed by atoms with Crippen LogP contribution in [0.4, 0.5) is 0 Å². The molecule has 2 N–H and O–H groups in total. The zero-order valence-corrected chi connectivity index (χ0v) is 13.1. The van der Waals surface area contributed by atoms with E-state index in [1.807, 2.05) is 17.2 Å². The summed E-state index contributed by atoms with van der Waals surface area (Å²) in [6, 6.07) is 3.76. The van der Waals surface area contributed by atoms with Crippen LogP contribution in [-0.4, -0.2) is 11.1 Å². The van der Waals surface area contributed by atoms with Gasteiger partial charge >= 0.3 is 0 Å². The van der Waals surface area contributed by atoms with E-state index in [1.54, 1.807) is 6.07 Å². The Bertz CT molecular complexity index is 470. The van der Waals surface area contributed by atoms with Crippen molar-refractivity contribution in [2.24, 2.45) is 11.7 Å². The molecule has 2 atom stereocenters. The van der Waals surface area contributed by atoms with Gasteiger partial charge in [-0.1, -0.05) is 26.7 Å². The van der Waals surface area contributed by atoms with Crippen molar-refractivity contribution in [1.29, 1.82) is 0 Å². The number of hydrogen-bond acceptors (Lipinski definition) is 4. The first-order valence-corrected chi connectivity index (χ1v) is 7.54. The first kappa shape index (κ1) is 15.3. The lowest BCUT2D eigenvalue weighted by Crippen LogP contribution is -2.32. The molecule has 0 spiro atoms. The largest absolute Gasteiger partial charge is 0.448 e. The Balaban J connectivity index is 1.99. The van der Waals surface area contributed by atoms with Gasteiger partial charge in [-0.05, 0) is 43.0 Å². The molecule has 0 bridgehead atoms. The van der Waals surface area contributed by atoms with Crippen molar-refractivity contribution in [3.63, 3.8) is 0 Å². The van der Waals surface area contributed by atoms with E-state index in [0.29, 0.717) is 11.1 Å². The number of hydroxylamine groups is 2. The van der Waals surface area contributed by atoms with Crippen LogP contribution in [0.5, 0.6) is 0 Å². The molecule has 1 aromatic rings. The molecule has 2 rings (SSSR count). The smallest absolute Gasteiger partial charge is 0.207 e. The van der Waals surface area contributed by atoms with Gasteiger partial charge in [0.25, 0.3) is 0 Å². The lowest BCUT2D eigenvalue weighted by molar-refractivity contribution is -0.152. The fourth-order valence-electron chi connectivity index (χ4n) is 2.45. The highest BCUT2D eigenvalue weighted by Gasteiger charge is 2.33. The van der Waals surface area contributed by atoms with Crippen LogP contribution in [0.1, 0.15) is 51.8 Å². The molecule has 20 heavy (non-hydrogen) atoms. The van der Waals surface area contributed by atoms with Crippen molar-refractivity contribution >= 4 is 11.6 Å². The molecule has 0 aliphatic carbocycles. The molecule has 1 aliphatic heterocycles.